The van der Waals surface area contributed by atoms with Crippen molar-refractivity contribution in [1.82, 2.24) is 4.98 Å². The molecule has 20 heavy (non-hydrogen) atoms. The molecule has 0 saturated carbocycles. The van der Waals surface area contributed by atoms with Crippen LogP contribution in [0.5, 0.6) is 5.75 Å². The minimum absolute atomic E-state index is 0.870. The third kappa shape index (κ3) is 2.93. The summed E-state index contributed by atoms with van der Waals surface area (Å²) in [5.74, 6) is 0.870. The van der Waals surface area contributed by atoms with Gasteiger partial charge in [-0.25, -0.2) is 0 Å². The summed E-state index contributed by atoms with van der Waals surface area (Å²) in [6, 6.07) is 10.4. The first kappa shape index (κ1) is 14.4. The van der Waals surface area contributed by atoms with Crippen LogP contribution in [0.4, 0.5) is 5.69 Å². The topological polar surface area (TPSA) is 25.4 Å². The van der Waals surface area contributed by atoms with Crippen molar-refractivity contribution in [1.29, 1.82) is 0 Å². The summed E-state index contributed by atoms with van der Waals surface area (Å²) in [6.07, 6.45) is 1.86. The number of aromatic nitrogens is 1. The monoisotopic (exact) mass is 270 g/mol. The number of methoxy groups -OCH3 is 1. The number of ether oxygens (including phenoxy) is 1. The molecule has 0 aliphatic heterocycles. The fourth-order valence-corrected chi connectivity index (χ4v) is 2.36. The van der Waals surface area contributed by atoms with Crippen molar-refractivity contribution >= 4 is 5.69 Å². The second-order valence-electron chi connectivity index (χ2n) is 4.78. The van der Waals surface area contributed by atoms with Gasteiger partial charge >= 0.3 is 0 Å². The first-order valence-electron chi connectivity index (χ1n) is 7.05. The summed E-state index contributed by atoms with van der Waals surface area (Å²) in [7, 11) is 1.70. The highest BCUT2D eigenvalue weighted by Crippen LogP contribution is 2.31. The van der Waals surface area contributed by atoms with Crippen molar-refractivity contribution in [2.45, 2.75) is 20.8 Å². The van der Waals surface area contributed by atoms with Crippen molar-refractivity contribution in [3.8, 4) is 17.0 Å². The highest BCUT2D eigenvalue weighted by atomic mass is 16.5. The number of aryl methyl sites for hydroxylation is 1. The molecule has 0 radical (unpaired) electrons. The standard InChI is InChI=1S/C17H22N2O/c1-5-19(6-2)14-9-10-18-16(12-14)15-8-7-13(3)11-17(15)20-4/h7-12H,5-6H2,1-4H3. The average molecular weight is 270 g/mol. The molecule has 0 amide bonds. The molecule has 1 aromatic heterocycles. The van der Waals surface area contributed by atoms with Crippen LogP contribution < -0.4 is 9.64 Å². The second kappa shape index (κ2) is 6.42. The molecule has 1 aromatic carbocycles. The Morgan fingerprint density at radius 1 is 1.10 bits per heavy atom. The summed E-state index contributed by atoms with van der Waals surface area (Å²) in [6.45, 7) is 8.37. The molecule has 3 nitrogen and oxygen atoms in total. The molecule has 0 bridgehead atoms. The van der Waals surface area contributed by atoms with Crippen molar-refractivity contribution in [3.63, 3.8) is 0 Å². The highest BCUT2D eigenvalue weighted by Gasteiger charge is 2.09. The predicted octanol–water partition coefficient (Wildman–Crippen LogP) is 3.91. The zero-order chi connectivity index (χ0) is 14.5. The van der Waals surface area contributed by atoms with Crippen LogP contribution in [0.3, 0.4) is 0 Å². The maximum Gasteiger partial charge on any atom is 0.128 e. The molecule has 0 N–H and O–H groups in total. The van der Waals surface area contributed by atoms with E-state index < -0.39 is 0 Å². The van der Waals surface area contributed by atoms with Gasteiger partial charge in [-0.2, -0.15) is 0 Å². The van der Waals surface area contributed by atoms with Gasteiger partial charge in [0, 0.05) is 30.5 Å². The third-order valence-corrected chi connectivity index (χ3v) is 3.51. The number of pyridine rings is 1. The van der Waals surface area contributed by atoms with E-state index in [1.54, 1.807) is 7.11 Å². The first-order chi connectivity index (χ1) is 9.69. The quantitative estimate of drug-likeness (QED) is 0.823. The summed E-state index contributed by atoms with van der Waals surface area (Å²) in [4.78, 5) is 6.80. The molecule has 0 aliphatic rings. The van der Waals surface area contributed by atoms with Gasteiger partial charge in [-0.05, 0) is 50.6 Å². The molecule has 0 aliphatic carbocycles. The fraction of sp³-hybridized carbons (Fsp3) is 0.353. The van der Waals surface area contributed by atoms with Crippen LogP contribution in [0.25, 0.3) is 11.3 Å². The Morgan fingerprint density at radius 3 is 2.50 bits per heavy atom. The Bertz CT molecular complexity index is 577. The summed E-state index contributed by atoms with van der Waals surface area (Å²) in [5.41, 5.74) is 4.37. The molecule has 2 rings (SSSR count). The summed E-state index contributed by atoms with van der Waals surface area (Å²) >= 11 is 0. The predicted molar refractivity (Wildman–Crippen MR) is 84.5 cm³/mol. The van der Waals surface area contributed by atoms with Crippen molar-refractivity contribution in [2.75, 3.05) is 25.1 Å². The minimum atomic E-state index is 0.870. The Kier molecular flexibility index (Phi) is 4.61. The van der Waals surface area contributed by atoms with E-state index in [1.165, 1.54) is 11.3 Å². The van der Waals surface area contributed by atoms with Gasteiger partial charge in [-0.15, -0.1) is 0 Å². The van der Waals surface area contributed by atoms with Crippen LogP contribution in [-0.2, 0) is 0 Å². The number of hydrogen-bond acceptors (Lipinski definition) is 3. The zero-order valence-corrected chi connectivity index (χ0v) is 12.7. The lowest BCUT2D eigenvalue weighted by Crippen LogP contribution is -2.21. The van der Waals surface area contributed by atoms with E-state index in [9.17, 15) is 0 Å². The van der Waals surface area contributed by atoms with Crippen molar-refractivity contribution < 1.29 is 4.74 Å². The van der Waals surface area contributed by atoms with Crippen LogP contribution in [0.1, 0.15) is 19.4 Å². The van der Waals surface area contributed by atoms with Crippen LogP contribution in [0, 0.1) is 6.92 Å². The van der Waals surface area contributed by atoms with E-state index in [2.05, 4.69) is 54.9 Å². The van der Waals surface area contributed by atoms with Crippen LogP contribution in [-0.4, -0.2) is 25.2 Å². The third-order valence-electron chi connectivity index (χ3n) is 3.51. The van der Waals surface area contributed by atoms with E-state index in [1.807, 2.05) is 12.3 Å². The lowest BCUT2D eigenvalue weighted by Gasteiger charge is -2.21. The zero-order valence-electron chi connectivity index (χ0n) is 12.7. The minimum Gasteiger partial charge on any atom is -0.496 e. The Hall–Kier alpha value is -2.03. The molecular formula is C17H22N2O. The lowest BCUT2D eigenvalue weighted by molar-refractivity contribution is 0.416. The number of rotatable bonds is 5. The Balaban J connectivity index is 2.45. The van der Waals surface area contributed by atoms with Gasteiger partial charge in [-0.3, -0.25) is 4.98 Å². The van der Waals surface area contributed by atoms with Gasteiger partial charge in [-0.1, -0.05) is 6.07 Å². The summed E-state index contributed by atoms with van der Waals surface area (Å²) < 4.78 is 5.48. The maximum absolute atomic E-state index is 5.48. The largest absolute Gasteiger partial charge is 0.496 e. The average Bonchev–Trinajstić information content (AvgIpc) is 2.48. The van der Waals surface area contributed by atoms with E-state index in [0.717, 1.165) is 30.1 Å². The lowest BCUT2D eigenvalue weighted by atomic mass is 10.1. The van der Waals surface area contributed by atoms with E-state index in [-0.39, 0.29) is 0 Å². The van der Waals surface area contributed by atoms with E-state index in [0.29, 0.717) is 0 Å². The number of hydrogen-bond donors (Lipinski definition) is 0. The van der Waals surface area contributed by atoms with Gasteiger partial charge in [0.05, 0.1) is 12.8 Å². The van der Waals surface area contributed by atoms with Gasteiger partial charge in [0.2, 0.25) is 0 Å². The van der Waals surface area contributed by atoms with E-state index >= 15 is 0 Å². The van der Waals surface area contributed by atoms with Gasteiger partial charge in [0.15, 0.2) is 0 Å². The van der Waals surface area contributed by atoms with E-state index in [4.69, 9.17) is 4.74 Å². The summed E-state index contributed by atoms with van der Waals surface area (Å²) in [5, 5.41) is 0. The smallest absolute Gasteiger partial charge is 0.128 e. The molecule has 0 saturated heterocycles. The van der Waals surface area contributed by atoms with Crippen LogP contribution >= 0.6 is 0 Å². The number of anilines is 1. The van der Waals surface area contributed by atoms with Crippen LogP contribution in [0.2, 0.25) is 0 Å². The SMILES string of the molecule is CCN(CC)c1ccnc(-c2ccc(C)cc2OC)c1. The van der Waals surface area contributed by atoms with Gasteiger partial charge in [0.25, 0.3) is 0 Å². The maximum atomic E-state index is 5.48. The van der Waals surface area contributed by atoms with Gasteiger partial charge < -0.3 is 9.64 Å². The Labute approximate surface area is 121 Å². The van der Waals surface area contributed by atoms with Crippen LogP contribution in [0.15, 0.2) is 36.5 Å². The molecular weight excluding hydrogens is 248 g/mol. The highest BCUT2D eigenvalue weighted by molar-refractivity contribution is 5.70. The molecule has 0 spiro atoms. The van der Waals surface area contributed by atoms with Crippen molar-refractivity contribution in [3.05, 3.63) is 42.1 Å². The fourth-order valence-electron chi connectivity index (χ4n) is 2.36. The van der Waals surface area contributed by atoms with Crippen molar-refractivity contribution in [2.24, 2.45) is 0 Å². The normalized spacial score (nSPS) is 10.4. The number of benzene rings is 1. The molecule has 106 valence electrons. The molecule has 1 heterocycles. The second-order valence-corrected chi connectivity index (χ2v) is 4.78. The van der Waals surface area contributed by atoms with Gasteiger partial charge in [0.1, 0.15) is 5.75 Å². The molecule has 2 aromatic rings. The molecule has 3 heteroatoms. The molecule has 0 fully saturated rings. The molecule has 0 atom stereocenters. The Morgan fingerprint density at radius 2 is 1.85 bits per heavy atom. The molecule has 0 unspecified atom stereocenters. The first-order valence-corrected chi connectivity index (χ1v) is 7.05. The number of nitrogens with zero attached hydrogens (tertiary/aromatic N) is 2.